The summed E-state index contributed by atoms with van der Waals surface area (Å²) in [4.78, 5) is 23.5. The van der Waals surface area contributed by atoms with E-state index in [9.17, 15) is 14.7 Å². The molecule has 4 heteroatoms. The Morgan fingerprint density at radius 3 is 2.37 bits per heavy atom. The first-order chi connectivity index (χ1) is 9.09. The number of hydrogen-bond donors (Lipinski definition) is 2. The molecule has 2 aliphatic rings. The fourth-order valence-electron chi connectivity index (χ4n) is 3.20. The van der Waals surface area contributed by atoms with Crippen LogP contribution < -0.4 is 5.32 Å². The van der Waals surface area contributed by atoms with Crippen molar-refractivity contribution in [3.63, 3.8) is 0 Å². The highest BCUT2D eigenvalue weighted by Gasteiger charge is 2.35. The number of carboxylic acid groups (broad SMARTS) is 1. The van der Waals surface area contributed by atoms with Crippen molar-refractivity contribution in [2.45, 2.75) is 51.5 Å². The Morgan fingerprint density at radius 1 is 1.11 bits per heavy atom. The first-order valence-electron chi connectivity index (χ1n) is 7.27. The molecule has 0 aromatic carbocycles. The van der Waals surface area contributed by atoms with Crippen LogP contribution in [0, 0.1) is 17.8 Å². The van der Waals surface area contributed by atoms with Gasteiger partial charge in [0, 0.05) is 6.04 Å². The summed E-state index contributed by atoms with van der Waals surface area (Å²) in [5.74, 6) is -1.41. The van der Waals surface area contributed by atoms with Gasteiger partial charge in [-0.25, -0.2) is 0 Å². The molecule has 0 heterocycles. The molecule has 0 radical (unpaired) electrons. The fraction of sp³-hybridized carbons (Fsp3) is 0.733. The lowest BCUT2D eigenvalue weighted by atomic mass is 9.81. The predicted molar refractivity (Wildman–Crippen MR) is 72.6 cm³/mol. The van der Waals surface area contributed by atoms with E-state index in [1.165, 1.54) is 6.42 Å². The van der Waals surface area contributed by atoms with Crippen molar-refractivity contribution in [3.8, 4) is 0 Å². The molecule has 4 atom stereocenters. The molecule has 0 spiro atoms. The summed E-state index contributed by atoms with van der Waals surface area (Å²) >= 11 is 0. The summed E-state index contributed by atoms with van der Waals surface area (Å²) in [5.41, 5.74) is 0. The Morgan fingerprint density at radius 2 is 1.74 bits per heavy atom. The summed E-state index contributed by atoms with van der Waals surface area (Å²) in [6.07, 6.45) is 9.36. The topological polar surface area (TPSA) is 66.4 Å². The van der Waals surface area contributed by atoms with E-state index in [0.29, 0.717) is 18.8 Å². The number of hydrogen-bond acceptors (Lipinski definition) is 2. The number of carbonyl (C=O) groups is 2. The molecule has 2 aliphatic carbocycles. The molecule has 106 valence electrons. The average Bonchev–Trinajstić information content (AvgIpc) is 2.41. The van der Waals surface area contributed by atoms with Crippen molar-refractivity contribution in [2.75, 3.05) is 0 Å². The highest BCUT2D eigenvalue weighted by Crippen LogP contribution is 2.28. The average molecular weight is 265 g/mol. The second-order valence-corrected chi connectivity index (χ2v) is 5.87. The van der Waals surface area contributed by atoms with Gasteiger partial charge in [0.05, 0.1) is 11.8 Å². The third-order valence-corrected chi connectivity index (χ3v) is 4.53. The molecule has 0 saturated heterocycles. The molecular weight excluding hydrogens is 242 g/mol. The lowest BCUT2D eigenvalue weighted by Crippen LogP contribution is -2.46. The van der Waals surface area contributed by atoms with Crippen LogP contribution in [0.2, 0.25) is 0 Å². The smallest absolute Gasteiger partial charge is 0.307 e. The van der Waals surface area contributed by atoms with Crippen molar-refractivity contribution in [3.05, 3.63) is 12.2 Å². The molecule has 19 heavy (non-hydrogen) atoms. The van der Waals surface area contributed by atoms with E-state index >= 15 is 0 Å². The van der Waals surface area contributed by atoms with Gasteiger partial charge in [-0.05, 0) is 31.6 Å². The summed E-state index contributed by atoms with van der Waals surface area (Å²) in [5, 5.41) is 12.3. The molecule has 0 aromatic rings. The highest BCUT2D eigenvalue weighted by atomic mass is 16.4. The zero-order chi connectivity index (χ0) is 13.8. The van der Waals surface area contributed by atoms with Crippen LogP contribution in [0.25, 0.3) is 0 Å². The van der Waals surface area contributed by atoms with Crippen molar-refractivity contribution < 1.29 is 14.7 Å². The van der Waals surface area contributed by atoms with Gasteiger partial charge in [0.25, 0.3) is 0 Å². The van der Waals surface area contributed by atoms with Crippen molar-refractivity contribution in [1.29, 1.82) is 0 Å². The molecule has 2 rings (SSSR count). The summed E-state index contributed by atoms with van der Waals surface area (Å²) in [6, 6.07) is 0.224. The van der Waals surface area contributed by atoms with Gasteiger partial charge in [-0.15, -0.1) is 0 Å². The van der Waals surface area contributed by atoms with E-state index < -0.39 is 17.8 Å². The van der Waals surface area contributed by atoms with E-state index in [0.717, 1.165) is 19.3 Å². The minimum absolute atomic E-state index is 0.0736. The Labute approximate surface area is 114 Å². The Kier molecular flexibility index (Phi) is 4.61. The number of amides is 1. The molecule has 0 unspecified atom stereocenters. The number of rotatable bonds is 3. The quantitative estimate of drug-likeness (QED) is 0.770. The minimum Gasteiger partial charge on any atom is -0.481 e. The first kappa shape index (κ1) is 14.1. The standard InChI is InChI=1S/C15H23NO3/c1-10-6-2-5-9-13(10)16-14(17)11-7-3-4-8-12(11)15(18)19/h3-4,10-13H,2,5-9H2,1H3,(H,16,17)(H,18,19)/t10-,11+,12-,13-/m0/s1. The van der Waals surface area contributed by atoms with Gasteiger partial charge in [-0.3, -0.25) is 9.59 Å². The van der Waals surface area contributed by atoms with Gasteiger partial charge in [-0.2, -0.15) is 0 Å². The second kappa shape index (κ2) is 6.22. The van der Waals surface area contributed by atoms with Gasteiger partial charge in [0.2, 0.25) is 5.91 Å². The normalized spacial score (nSPS) is 34.8. The number of aliphatic carboxylic acids is 1. The molecule has 0 bridgehead atoms. The van der Waals surface area contributed by atoms with Crippen LogP contribution in [0.4, 0.5) is 0 Å². The first-order valence-corrected chi connectivity index (χ1v) is 7.27. The summed E-state index contributed by atoms with van der Waals surface area (Å²) in [6.45, 7) is 2.17. The van der Waals surface area contributed by atoms with Crippen LogP contribution in [0.15, 0.2) is 12.2 Å². The van der Waals surface area contributed by atoms with Gasteiger partial charge in [0.1, 0.15) is 0 Å². The maximum absolute atomic E-state index is 12.3. The summed E-state index contributed by atoms with van der Waals surface area (Å²) in [7, 11) is 0. The fourth-order valence-corrected chi connectivity index (χ4v) is 3.20. The third kappa shape index (κ3) is 3.37. The molecule has 1 amide bonds. The highest BCUT2D eigenvalue weighted by molar-refractivity contribution is 5.85. The van der Waals surface area contributed by atoms with Gasteiger partial charge in [-0.1, -0.05) is 31.9 Å². The van der Waals surface area contributed by atoms with Gasteiger partial charge in [0.15, 0.2) is 0 Å². The second-order valence-electron chi connectivity index (χ2n) is 5.87. The monoisotopic (exact) mass is 265 g/mol. The van der Waals surface area contributed by atoms with E-state index in [-0.39, 0.29) is 11.9 Å². The predicted octanol–water partition coefficient (Wildman–Crippen LogP) is 2.35. The molecule has 1 fully saturated rings. The Bertz CT molecular complexity index is 378. The molecule has 1 saturated carbocycles. The zero-order valence-corrected chi connectivity index (χ0v) is 11.5. The van der Waals surface area contributed by atoms with Crippen LogP contribution in [0.3, 0.4) is 0 Å². The largest absolute Gasteiger partial charge is 0.481 e. The van der Waals surface area contributed by atoms with Crippen LogP contribution in [-0.4, -0.2) is 23.0 Å². The molecule has 0 aliphatic heterocycles. The Hall–Kier alpha value is -1.32. The number of carbonyl (C=O) groups excluding carboxylic acids is 1. The summed E-state index contributed by atoms with van der Waals surface area (Å²) < 4.78 is 0. The molecule has 4 nitrogen and oxygen atoms in total. The zero-order valence-electron chi connectivity index (χ0n) is 11.5. The van der Waals surface area contributed by atoms with Gasteiger partial charge < -0.3 is 10.4 Å². The lowest BCUT2D eigenvalue weighted by Gasteiger charge is -2.32. The Balaban J connectivity index is 1.97. The number of allylic oxidation sites excluding steroid dienone is 2. The van der Waals surface area contributed by atoms with Crippen LogP contribution in [0.1, 0.15) is 45.4 Å². The SMILES string of the molecule is C[C@H]1CCCC[C@@H]1NC(=O)[C@@H]1CC=CC[C@@H]1C(=O)O. The number of carboxylic acids is 1. The van der Waals surface area contributed by atoms with Crippen molar-refractivity contribution in [2.24, 2.45) is 17.8 Å². The van der Waals surface area contributed by atoms with Crippen LogP contribution in [-0.2, 0) is 9.59 Å². The maximum atomic E-state index is 12.3. The van der Waals surface area contributed by atoms with E-state index in [1.54, 1.807) is 0 Å². The third-order valence-electron chi connectivity index (χ3n) is 4.53. The number of nitrogens with one attached hydrogen (secondary N) is 1. The van der Waals surface area contributed by atoms with E-state index in [4.69, 9.17) is 0 Å². The molecule has 0 aromatic heterocycles. The minimum atomic E-state index is -0.860. The molecular formula is C15H23NO3. The van der Waals surface area contributed by atoms with Gasteiger partial charge >= 0.3 is 5.97 Å². The van der Waals surface area contributed by atoms with Crippen molar-refractivity contribution in [1.82, 2.24) is 5.32 Å². The molecule has 2 N–H and O–H groups in total. The maximum Gasteiger partial charge on any atom is 0.307 e. The lowest BCUT2D eigenvalue weighted by molar-refractivity contribution is -0.147. The van der Waals surface area contributed by atoms with Crippen LogP contribution >= 0.6 is 0 Å². The van der Waals surface area contributed by atoms with E-state index in [1.807, 2.05) is 12.2 Å². The van der Waals surface area contributed by atoms with Crippen molar-refractivity contribution >= 4 is 11.9 Å². The van der Waals surface area contributed by atoms with E-state index in [2.05, 4.69) is 12.2 Å². The van der Waals surface area contributed by atoms with Crippen LogP contribution in [0.5, 0.6) is 0 Å².